The van der Waals surface area contributed by atoms with E-state index in [1.807, 2.05) is 13.8 Å². The lowest BCUT2D eigenvalue weighted by molar-refractivity contribution is -0.140. The maximum Gasteiger partial charge on any atom is 0.307 e. The van der Waals surface area contributed by atoms with Crippen LogP contribution in [0.4, 0.5) is 0 Å². The Balaban J connectivity index is 2.99. The first-order valence-electron chi connectivity index (χ1n) is 6.45. The second kappa shape index (κ2) is 7.05. The fourth-order valence-corrected chi connectivity index (χ4v) is 1.91. The smallest absolute Gasteiger partial charge is 0.307 e. The zero-order valence-corrected chi connectivity index (χ0v) is 12.3. The highest BCUT2D eigenvalue weighted by Crippen LogP contribution is 2.27. The lowest BCUT2D eigenvalue weighted by Crippen LogP contribution is -2.33. The van der Waals surface area contributed by atoms with Gasteiger partial charge in [0.05, 0.1) is 26.7 Å². The monoisotopic (exact) mass is 279 g/mol. The third kappa shape index (κ3) is 3.81. The van der Waals surface area contributed by atoms with Crippen LogP contribution in [-0.2, 0) is 9.53 Å². The van der Waals surface area contributed by atoms with Crippen molar-refractivity contribution in [3.63, 3.8) is 0 Å². The molecule has 0 aliphatic heterocycles. The normalized spacial score (nSPS) is 12.1. The maximum atomic E-state index is 12.2. The molecule has 20 heavy (non-hydrogen) atoms. The number of esters is 1. The van der Waals surface area contributed by atoms with Gasteiger partial charge in [0.15, 0.2) is 5.78 Å². The second-order valence-corrected chi connectivity index (χ2v) is 4.86. The van der Waals surface area contributed by atoms with Crippen molar-refractivity contribution >= 4 is 11.8 Å². The summed E-state index contributed by atoms with van der Waals surface area (Å²) in [5.74, 6) is 0.177. The molecule has 5 heteroatoms. The van der Waals surface area contributed by atoms with Crippen molar-refractivity contribution in [2.75, 3.05) is 14.2 Å². The van der Waals surface area contributed by atoms with E-state index in [2.05, 4.69) is 4.74 Å². The van der Waals surface area contributed by atoms with Gasteiger partial charge in [-0.15, -0.1) is 0 Å². The standard InChI is InChI=1S/C15H21NO4/c1-9(2)11-7-10(5-6-13(11)19-3)15(18)12(16)8-14(17)20-4/h5-7,9,12H,8,16H2,1-4H3. The average molecular weight is 279 g/mol. The molecular formula is C15H21NO4. The zero-order chi connectivity index (χ0) is 15.3. The van der Waals surface area contributed by atoms with Gasteiger partial charge < -0.3 is 15.2 Å². The van der Waals surface area contributed by atoms with Crippen molar-refractivity contribution in [1.82, 2.24) is 0 Å². The molecule has 0 spiro atoms. The predicted molar refractivity (Wildman–Crippen MR) is 76.0 cm³/mol. The van der Waals surface area contributed by atoms with E-state index in [9.17, 15) is 9.59 Å². The number of carbonyl (C=O) groups excluding carboxylic acids is 2. The second-order valence-electron chi connectivity index (χ2n) is 4.86. The zero-order valence-electron chi connectivity index (χ0n) is 12.3. The summed E-state index contributed by atoms with van der Waals surface area (Å²) in [5.41, 5.74) is 7.15. The lowest BCUT2D eigenvalue weighted by atomic mass is 9.95. The minimum absolute atomic E-state index is 0.127. The van der Waals surface area contributed by atoms with E-state index < -0.39 is 12.0 Å². The van der Waals surface area contributed by atoms with Crippen molar-refractivity contribution in [2.45, 2.75) is 32.2 Å². The summed E-state index contributed by atoms with van der Waals surface area (Å²) < 4.78 is 9.78. The SMILES string of the molecule is COC(=O)CC(N)C(=O)c1ccc(OC)c(C(C)C)c1. The fraction of sp³-hybridized carbons (Fsp3) is 0.467. The highest BCUT2D eigenvalue weighted by atomic mass is 16.5. The number of hydrogen-bond acceptors (Lipinski definition) is 5. The van der Waals surface area contributed by atoms with E-state index in [0.717, 1.165) is 11.3 Å². The minimum atomic E-state index is -0.893. The Kier molecular flexibility index (Phi) is 5.70. The Hall–Kier alpha value is -1.88. The van der Waals surface area contributed by atoms with Gasteiger partial charge in [0.25, 0.3) is 0 Å². The molecule has 0 aromatic heterocycles. The molecule has 0 amide bonds. The number of carbonyl (C=O) groups is 2. The fourth-order valence-electron chi connectivity index (χ4n) is 1.91. The van der Waals surface area contributed by atoms with Gasteiger partial charge in [-0.3, -0.25) is 9.59 Å². The van der Waals surface area contributed by atoms with Gasteiger partial charge in [-0.05, 0) is 29.7 Å². The van der Waals surface area contributed by atoms with Crippen LogP contribution in [-0.4, -0.2) is 32.0 Å². The quantitative estimate of drug-likeness (QED) is 0.635. The highest BCUT2D eigenvalue weighted by molar-refractivity contribution is 6.02. The molecule has 1 rings (SSSR count). The largest absolute Gasteiger partial charge is 0.496 e. The third-order valence-corrected chi connectivity index (χ3v) is 3.09. The molecule has 0 bridgehead atoms. The predicted octanol–water partition coefficient (Wildman–Crippen LogP) is 1.89. The molecule has 5 nitrogen and oxygen atoms in total. The molecule has 0 aliphatic rings. The van der Waals surface area contributed by atoms with Crippen LogP contribution < -0.4 is 10.5 Å². The molecule has 0 saturated heterocycles. The van der Waals surface area contributed by atoms with E-state index in [1.165, 1.54) is 7.11 Å². The first-order chi connectivity index (χ1) is 9.40. The Morgan fingerprint density at radius 1 is 1.25 bits per heavy atom. The summed E-state index contributed by atoms with van der Waals surface area (Å²) in [5, 5.41) is 0. The Morgan fingerprint density at radius 2 is 1.90 bits per heavy atom. The average Bonchev–Trinajstić information content (AvgIpc) is 2.45. The summed E-state index contributed by atoms with van der Waals surface area (Å²) in [6, 6.07) is 4.27. The number of Topliss-reactive ketones (excluding diaryl/α,β-unsaturated/α-hetero) is 1. The van der Waals surface area contributed by atoms with Crippen LogP contribution in [0, 0.1) is 0 Å². The first kappa shape index (κ1) is 16.2. The molecule has 110 valence electrons. The molecule has 0 aliphatic carbocycles. The molecule has 0 radical (unpaired) electrons. The Labute approximate surface area is 119 Å². The molecule has 0 fully saturated rings. The third-order valence-electron chi connectivity index (χ3n) is 3.09. The molecule has 0 saturated carbocycles. The molecule has 1 unspecified atom stereocenters. The number of ether oxygens (including phenoxy) is 2. The van der Waals surface area contributed by atoms with E-state index in [1.54, 1.807) is 25.3 Å². The number of methoxy groups -OCH3 is 2. The van der Waals surface area contributed by atoms with E-state index in [0.29, 0.717) is 5.56 Å². The number of ketones is 1. The molecule has 1 aromatic carbocycles. The molecule has 2 N–H and O–H groups in total. The molecule has 1 atom stereocenters. The van der Waals surface area contributed by atoms with Crippen LogP contribution in [0.1, 0.15) is 42.1 Å². The topological polar surface area (TPSA) is 78.6 Å². The molecule has 1 aromatic rings. The molecule has 0 heterocycles. The summed E-state index contributed by atoms with van der Waals surface area (Å²) in [7, 11) is 2.86. The van der Waals surface area contributed by atoms with Gasteiger partial charge in [-0.2, -0.15) is 0 Å². The highest BCUT2D eigenvalue weighted by Gasteiger charge is 2.21. The number of rotatable bonds is 6. The summed E-state index contributed by atoms with van der Waals surface area (Å²) in [4.78, 5) is 23.4. The Morgan fingerprint density at radius 3 is 2.40 bits per heavy atom. The number of nitrogens with two attached hydrogens (primary N) is 1. The van der Waals surface area contributed by atoms with Gasteiger partial charge in [-0.1, -0.05) is 13.8 Å². The number of benzene rings is 1. The van der Waals surface area contributed by atoms with Crippen molar-refractivity contribution in [3.8, 4) is 5.75 Å². The van der Waals surface area contributed by atoms with E-state index >= 15 is 0 Å². The van der Waals surface area contributed by atoms with Crippen LogP contribution >= 0.6 is 0 Å². The van der Waals surface area contributed by atoms with Crippen LogP contribution in [0.5, 0.6) is 5.75 Å². The van der Waals surface area contributed by atoms with Crippen molar-refractivity contribution in [2.24, 2.45) is 5.73 Å². The van der Waals surface area contributed by atoms with Gasteiger partial charge in [-0.25, -0.2) is 0 Å². The summed E-state index contributed by atoms with van der Waals surface area (Å²) >= 11 is 0. The van der Waals surface area contributed by atoms with Crippen molar-refractivity contribution in [1.29, 1.82) is 0 Å². The van der Waals surface area contributed by atoms with Crippen LogP contribution in [0.3, 0.4) is 0 Å². The number of hydrogen-bond donors (Lipinski definition) is 1. The van der Waals surface area contributed by atoms with E-state index in [-0.39, 0.29) is 18.1 Å². The van der Waals surface area contributed by atoms with Gasteiger partial charge in [0.2, 0.25) is 0 Å². The van der Waals surface area contributed by atoms with E-state index in [4.69, 9.17) is 10.5 Å². The minimum Gasteiger partial charge on any atom is -0.496 e. The van der Waals surface area contributed by atoms with Crippen LogP contribution in [0.15, 0.2) is 18.2 Å². The summed E-state index contributed by atoms with van der Waals surface area (Å²) in [6.07, 6.45) is -0.127. The van der Waals surface area contributed by atoms with Crippen LogP contribution in [0.2, 0.25) is 0 Å². The molecular weight excluding hydrogens is 258 g/mol. The lowest BCUT2D eigenvalue weighted by Gasteiger charge is -2.15. The maximum absolute atomic E-state index is 12.2. The van der Waals surface area contributed by atoms with Crippen LogP contribution in [0.25, 0.3) is 0 Å². The summed E-state index contributed by atoms with van der Waals surface area (Å²) in [6.45, 7) is 4.03. The van der Waals surface area contributed by atoms with Crippen molar-refractivity contribution < 1.29 is 19.1 Å². The van der Waals surface area contributed by atoms with Crippen molar-refractivity contribution in [3.05, 3.63) is 29.3 Å². The first-order valence-corrected chi connectivity index (χ1v) is 6.45. The van der Waals surface area contributed by atoms with Gasteiger partial charge >= 0.3 is 5.97 Å². The van der Waals surface area contributed by atoms with Gasteiger partial charge in [0.1, 0.15) is 5.75 Å². The van der Waals surface area contributed by atoms with Gasteiger partial charge in [0, 0.05) is 5.56 Å². The Bertz CT molecular complexity index is 497.